The van der Waals surface area contributed by atoms with E-state index in [0.29, 0.717) is 18.7 Å². The average Bonchev–Trinajstić information content (AvgIpc) is 2.99. The Morgan fingerprint density at radius 2 is 1.77 bits per heavy atom. The molecule has 1 aliphatic rings. The summed E-state index contributed by atoms with van der Waals surface area (Å²) in [5, 5.41) is 21.4. The van der Waals surface area contributed by atoms with Crippen LogP contribution in [0.3, 0.4) is 0 Å². The van der Waals surface area contributed by atoms with E-state index in [0.717, 1.165) is 39.1 Å². The molecule has 0 radical (unpaired) electrons. The highest BCUT2D eigenvalue weighted by molar-refractivity contribution is 7.99. The summed E-state index contributed by atoms with van der Waals surface area (Å²) in [5.41, 5.74) is 5.79. The lowest BCUT2D eigenvalue weighted by molar-refractivity contribution is -0.245. The van der Waals surface area contributed by atoms with Crippen molar-refractivity contribution >= 4 is 17.9 Å². The van der Waals surface area contributed by atoms with Crippen LogP contribution in [-0.4, -0.2) is 47.1 Å². The molecule has 1 saturated heterocycles. The van der Waals surface area contributed by atoms with Crippen LogP contribution in [0.4, 0.5) is 4.79 Å². The summed E-state index contributed by atoms with van der Waals surface area (Å²) in [6.07, 6.45) is 0.999. The first-order valence-electron chi connectivity index (χ1n) is 13.0. The van der Waals surface area contributed by atoms with Gasteiger partial charge in [0.05, 0.1) is 25.4 Å². The van der Waals surface area contributed by atoms with Crippen LogP contribution in [0.5, 0.6) is 0 Å². The molecule has 4 rings (SSSR count). The SMILES string of the molecule is C=CCOC(=O)NCc1cccc(-c2cccc([C@@H]3O[C@H](CSCCO)C[C@H](c4ccc(CO)cc4)O3)c2)c1. The first kappa shape index (κ1) is 28.9. The molecule has 0 bridgehead atoms. The molecule has 1 fully saturated rings. The summed E-state index contributed by atoms with van der Waals surface area (Å²) in [5.74, 6) is 1.42. The van der Waals surface area contributed by atoms with E-state index >= 15 is 0 Å². The minimum atomic E-state index is -0.551. The van der Waals surface area contributed by atoms with Gasteiger partial charge in [0.2, 0.25) is 0 Å². The van der Waals surface area contributed by atoms with E-state index in [-0.39, 0.29) is 32.0 Å². The normalized spacial score (nSPS) is 18.9. The van der Waals surface area contributed by atoms with Gasteiger partial charge in [0, 0.05) is 30.0 Å². The molecule has 0 aromatic heterocycles. The molecule has 1 amide bonds. The van der Waals surface area contributed by atoms with Crippen LogP contribution in [-0.2, 0) is 27.4 Å². The molecule has 3 aromatic rings. The maximum absolute atomic E-state index is 11.8. The van der Waals surface area contributed by atoms with E-state index in [1.54, 1.807) is 11.8 Å². The number of hydrogen-bond donors (Lipinski definition) is 3. The third-order valence-electron chi connectivity index (χ3n) is 6.34. The van der Waals surface area contributed by atoms with Crippen molar-refractivity contribution in [1.82, 2.24) is 5.32 Å². The van der Waals surface area contributed by atoms with E-state index in [1.807, 2.05) is 66.7 Å². The lowest BCUT2D eigenvalue weighted by atomic mass is 9.99. The first-order valence-corrected chi connectivity index (χ1v) is 14.1. The lowest BCUT2D eigenvalue weighted by Gasteiger charge is -2.36. The number of nitrogens with one attached hydrogen (secondary N) is 1. The summed E-state index contributed by atoms with van der Waals surface area (Å²) >= 11 is 1.67. The Kier molecular flexibility index (Phi) is 11.0. The average molecular weight is 550 g/mol. The minimum Gasteiger partial charge on any atom is -0.445 e. The van der Waals surface area contributed by atoms with Gasteiger partial charge in [-0.3, -0.25) is 0 Å². The molecule has 8 heteroatoms. The molecule has 0 unspecified atom stereocenters. The largest absolute Gasteiger partial charge is 0.445 e. The van der Waals surface area contributed by atoms with Crippen LogP contribution in [0.1, 0.15) is 41.1 Å². The summed E-state index contributed by atoms with van der Waals surface area (Å²) in [4.78, 5) is 11.8. The minimum absolute atomic E-state index is 0.00141. The summed E-state index contributed by atoms with van der Waals surface area (Å²) in [6.45, 7) is 4.19. The molecule has 1 heterocycles. The second-order valence-corrected chi connectivity index (χ2v) is 10.4. The number of alkyl carbamates (subject to hydrolysis) is 1. The highest BCUT2D eigenvalue weighted by Crippen LogP contribution is 2.39. The van der Waals surface area contributed by atoms with E-state index in [1.165, 1.54) is 6.08 Å². The molecular weight excluding hydrogens is 514 g/mol. The number of amides is 1. The lowest BCUT2D eigenvalue weighted by Crippen LogP contribution is -2.31. The fourth-order valence-electron chi connectivity index (χ4n) is 4.39. The molecular formula is C31H35NO6S. The topological polar surface area (TPSA) is 97.3 Å². The second kappa shape index (κ2) is 14.9. The van der Waals surface area contributed by atoms with E-state index in [9.17, 15) is 15.0 Å². The number of carbonyl (C=O) groups excluding carboxylic acids is 1. The molecule has 39 heavy (non-hydrogen) atoms. The van der Waals surface area contributed by atoms with Crippen LogP contribution >= 0.6 is 11.8 Å². The van der Waals surface area contributed by atoms with Crippen LogP contribution in [0, 0.1) is 0 Å². The molecule has 3 atom stereocenters. The van der Waals surface area contributed by atoms with Gasteiger partial charge in [-0.05, 0) is 39.9 Å². The van der Waals surface area contributed by atoms with Crippen molar-refractivity contribution in [1.29, 1.82) is 0 Å². The summed E-state index contributed by atoms with van der Waals surface area (Å²) in [6, 6.07) is 23.9. The third kappa shape index (κ3) is 8.42. The van der Waals surface area contributed by atoms with Crippen LogP contribution < -0.4 is 5.32 Å². The number of carbonyl (C=O) groups is 1. The number of ether oxygens (including phenoxy) is 3. The van der Waals surface area contributed by atoms with Crippen molar-refractivity contribution in [3.8, 4) is 11.1 Å². The number of aliphatic hydroxyl groups excluding tert-OH is 2. The van der Waals surface area contributed by atoms with Gasteiger partial charge in [-0.15, -0.1) is 0 Å². The Balaban J connectivity index is 1.51. The van der Waals surface area contributed by atoms with Crippen LogP contribution in [0.15, 0.2) is 85.5 Å². The van der Waals surface area contributed by atoms with Crippen molar-refractivity contribution in [3.63, 3.8) is 0 Å². The quantitative estimate of drug-likeness (QED) is 0.202. The Morgan fingerprint density at radius 1 is 1.00 bits per heavy atom. The third-order valence-corrected chi connectivity index (χ3v) is 7.42. The Bertz CT molecular complexity index is 1220. The number of rotatable bonds is 12. The zero-order valence-electron chi connectivity index (χ0n) is 21.8. The van der Waals surface area contributed by atoms with E-state index in [4.69, 9.17) is 14.2 Å². The fraction of sp³-hybridized carbons (Fsp3) is 0.323. The predicted molar refractivity (Wildman–Crippen MR) is 153 cm³/mol. The molecule has 3 N–H and O–H groups in total. The monoisotopic (exact) mass is 549 g/mol. The Labute approximate surface area is 233 Å². The van der Waals surface area contributed by atoms with Gasteiger partial charge >= 0.3 is 6.09 Å². The summed E-state index contributed by atoms with van der Waals surface area (Å²) < 4.78 is 17.8. The number of thioether (sulfide) groups is 1. The van der Waals surface area contributed by atoms with Gasteiger partial charge in [-0.25, -0.2) is 4.79 Å². The van der Waals surface area contributed by atoms with Crippen LogP contribution in [0.25, 0.3) is 11.1 Å². The van der Waals surface area contributed by atoms with Gasteiger partial charge in [-0.2, -0.15) is 11.8 Å². The molecule has 7 nitrogen and oxygen atoms in total. The van der Waals surface area contributed by atoms with Crippen molar-refractivity contribution in [2.45, 2.75) is 38.1 Å². The van der Waals surface area contributed by atoms with Gasteiger partial charge in [-0.1, -0.05) is 73.3 Å². The molecule has 206 valence electrons. The van der Waals surface area contributed by atoms with Gasteiger partial charge in [0.1, 0.15) is 6.61 Å². The van der Waals surface area contributed by atoms with Crippen LogP contribution in [0.2, 0.25) is 0 Å². The van der Waals surface area contributed by atoms with Crippen molar-refractivity contribution in [3.05, 3.63) is 108 Å². The van der Waals surface area contributed by atoms with Gasteiger partial charge in [0.15, 0.2) is 6.29 Å². The van der Waals surface area contributed by atoms with Crippen molar-refractivity contribution < 1.29 is 29.2 Å². The molecule has 0 aliphatic carbocycles. The zero-order chi connectivity index (χ0) is 27.5. The van der Waals surface area contributed by atoms with Gasteiger partial charge in [0.25, 0.3) is 0 Å². The highest BCUT2D eigenvalue weighted by atomic mass is 32.2. The molecule has 1 aliphatic heterocycles. The molecule has 3 aromatic carbocycles. The summed E-state index contributed by atoms with van der Waals surface area (Å²) in [7, 11) is 0. The zero-order valence-corrected chi connectivity index (χ0v) is 22.6. The second-order valence-electron chi connectivity index (χ2n) is 9.22. The van der Waals surface area contributed by atoms with E-state index in [2.05, 4.69) is 18.0 Å². The number of hydrogen-bond acceptors (Lipinski definition) is 7. The number of benzene rings is 3. The standard InChI is InChI=1S/C31H35NO6S/c1-2-14-36-31(35)32-19-23-5-3-6-25(16-23)26-7-4-8-27(17-26)30-37-28(21-39-15-13-33)18-29(38-30)24-11-9-22(20-34)10-12-24/h2-12,16-17,28-30,33-34H,1,13-15,18-21H2,(H,32,35)/t28-,29+,30+/m0/s1. The van der Waals surface area contributed by atoms with Crippen molar-refractivity contribution in [2.24, 2.45) is 0 Å². The maximum atomic E-state index is 11.8. The van der Waals surface area contributed by atoms with E-state index < -0.39 is 12.4 Å². The maximum Gasteiger partial charge on any atom is 0.407 e. The Hall–Kier alpha value is -3.14. The van der Waals surface area contributed by atoms with Crippen molar-refractivity contribution in [2.75, 3.05) is 24.7 Å². The molecule has 0 saturated carbocycles. The van der Waals surface area contributed by atoms with Gasteiger partial charge < -0.3 is 29.7 Å². The highest BCUT2D eigenvalue weighted by Gasteiger charge is 2.32. The Morgan fingerprint density at radius 3 is 2.51 bits per heavy atom. The first-order chi connectivity index (χ1) is 19.1. The molecule has 0 spiro atoms. The predicted octanol–water partition coefficient (Wildman–Crippen LogP) is 5.53. The smallest absolute Gasteiger partial charge is 0.407 e. The number of aliphatic hydroxyl groups is 2. The fourth-order valence-corrected chi connectivity index (χ4v) is 5.16.